The van der Waals surface area contributed by atoms with Gasteiger partial charge in [-0.3, -0.25) is 0 Å². The Morgan fingerprint density at radius 1 is 1.33 bits per heavy atom. The highest BCUT2D eigenvalue weighted by Crippen LogP contribution is 2.28. The lowest BCUT2D eigenvalue weighted by molar-refractivity contribution is 0.503. The first-order valence-corrected chi connectivity index (χ1v) is 4.88. The highest BCUT2D eigenvalue weighted by molar-refractivity contribution is 5.85. The van der Waals surface area contributed by atoms with Gasteiger partial charge in [0.25, 0.3) is 0 Å². The molecule has 2 rings (SSSR count). The molecule has 0 aliphatic carbocycles. The molecule has 1 N–H and O–H groups in total. The Balaban J connectivity index is 0.00000112. The lowest BCUT2D eigenvalue weighted by atomic mass is 10.0. The fourth-order valence-electron chi connectivity index (χ4n) is 1.93. The van der Waals surface area contributed by atoms with Gasteiger partial charge in [-0.25, -0.2) is 8.78 Å². The largest absolute Gasteiger partial charge is 0.310 e. The van der Waals surface area contributed by atoms with Crippen molar-refractivity contribution in [2.45, 2.75) is 25.8 Å². The van der Waals surface area contributed by atoms with Crippen LogP contribution in [0.2, 0.25) is 0 Å². The molecule has 1 nitrogen and oxygen atoms in total. The number of rotatable bonds is 1. The summed E-state index contributed by atoms with van der Waals surface area (Å²) in [5, 5.41) is 3.10. The second-order valence-electron chi connectivity index (χ2n) is 3.74. The zero-order valence-corrected chi connectivity index (χ0v) is 9.33. The molecule has 0 saturated carbocycles. The molecule has 0 aromatic heterocycles. The Morgan fingerprint density at radius 3 is 2.67 bits per heavy atom. The Morgan fingerprint density at radius 2 is 2.07 bits per heavy atom. The molecular formula is C11H14ClF2N. The van der Waals surface area contributed by atoms with E-state index in [2.05, 4.69) is 5.32 Å². The summed E-state index contributed by atoms with van der Waals surface area (Å²) >= 11 is 0. The number of benzene rings is 1. The molecule has 0 amide bonds. The van der Waals surface area contributed by atoms with Crippen LogP contribution in [0.4, 0.5) is 8.78 Å². The Hall–Kier alpha value is -0.670. The summed E-state index contributed by atoms with van der Waals surface area (Å²) in [6.45, 7) is 2.50. The summed E-state index contributed by atoms with van der Waals surface area (Å²) < 4.78 is 27.0. The number of hydrogen-bond acceptors (Lipinski definition) is 1. The smallest absolute Gasteiger partial charge is 0.133 e. The normalized spacial score (nSPS) is 20.1. The van der Waals surface area contributed by atoms with E-state index in [-0.39, 0.29) is 24.0 Å². The molecule has 0 spiro atoms. The molecule has 15 heavy (non-hydrogen) atoms. The lowest BCUT2D eigenvalue weighted by Crippen LogP contribution is -2.16. The van der Waals surface area contributed by atoms with E-state index in [1.165, 1.54) is 12.1 Å². The minimum atomic E-state index is -0.437. The molecule has 1 aliphatic heterocycles. The van der Waals surface area contributed by atoms with Crippen molar-refractivity contribution < 1.29 is 8.78 Å². The number of aryl methyl sites for hydroxylation is 1. The molecule has 0 unspecified atom stereocenters. The molecule has 4 heteroatoms. The van der Waals surface area contributed by atoms with Crippen molar-refractivity contribution in [3.63, 3.8) is 0 Å². The van der Waals surface area contributed by atoms with Gasteiger partial charge in [0.05, 0.1) is 0 Å². The first-order valence-electron chi connectivity index (χ1n) is 4.88. The van der Waals surface area contributed by atoms with E-state index >= 15 is 0 Å². The fourth-order valence-corrected chi connectivity index (χ4v) is 1.93. The maximum Gasteiger partial charge on any atom is 0.133 e. The van der Waals surface area contributed by atoms with Crippen molar-refractivity contribution in [2.24, 2.45) is 0 Å². The molecule has 1 heterocycles. The van der Waals surface area contributed by atoms with Crippen molar-refractivity contribution in [1.29, 1.82) is 0 Å². The molecule has 1 fully saturated rings. The van der Waals surface area contributed by atoms with Gasteiger partial charge in [-0.1, -0.05) is 6.07 Å². The van der Waals surface area contributed by atoms with Crippen LogP contribution in [0.1, 0.15) is 30.0 Å². The van der Waals surface area contributed by atoms with Gasteiger partial charge in [0.2, 0.25) is 0 Å². The molecule has 84 valence electrons. The number of halogens is 3. The van der Waals surface area contributed by atoms with Crippen molar-refractivity contribution in [2.75, 3.05) is 6.54 Å². The van der Waals surface area contributed by atoms with E-state index in [1.54, 1.807) is 6.92 Å². The minimum absolute atomic E-state index is 0. The van der Waals surface area contributed by atoms with Crippen LogP contribution in [-0.4, -0.2) is 6.54 Å². The molecular weight excluding hydrogens is 220 g/mol. The van der Waals surface area contributed by atoms with E-state index < -0.39 is 11.6 Å². The quantitative estimate of drug-likeness (QED) is 0.786. The zero-order chi connectivity index (χ0) is 10.1. The summed E-state index contributed by atoms with van der Waals surface area (Å²) in [7, 11) is 0. The zero-order valence-electron chi connectivity index (χ0n) is 8.52. The SMILES string of the molecule is Cc1ccc(F)c([C@@H]2CCCN2)c1F.Cl. The molecule has 1 aliphatic rings. The highest BCUT2D eigenvalue weighted by atomic mass is 35.5. The van der Waals surface area contributed by atoms with Crippen molar-refractivity contribution in [3.8, 4) is 0 Å². The van der Waals surface area contributed by atoms with Gasteiger partial charge in [0.1, 0.15) is 11.6 Å². The van der Waals surface area contributed by atoms with Gasteiger partial charge < -0.3 is 5.32 Å². The first-order chi connectivity index (χ1) is 6.70. The van der Waals surface area contributed by atoms with Crippen molar-refractivity contribution in [3.05, 3.63) is 34.9 Å². The predicted molar refractivity (Wildman–Crippen MR) is 58.3 cm³/mol. The average molecular weight is 234 g/mol. The van der Waals surface area contributed by atoms with E-state index in [0.29, 0.717) is 5.56 Å². The fraction of sp³-hybridized carbons (Fsp3) is 0.455. The standard InChI is InChI=1S/C11H13F2N.ClH/c1-7-4-5-8(12)10(11(7)13)9-3-2-6-14-9;/h4-5,9,14H,2-3,6H2,1H3;1H/t9-;/m0./s1. The highest BCUT2D eigenvalue weighted by Gasteiger charge is 2.23. The van der Waals surface area contributed by atoms with E-state index in [4.69, 9.17) is 0 Å². The van der Waals surface area contributed by atoms with Gasteiger partial charge in [0, 0.05) is 11.6 Å². The van der Waals surface area contributed by atoms with Gasteiger partial charge in [-0.2, -0.15) is 0 Å². The van der Waals surface area contributed by atoms with Crippen LogP contribution in [0.3, 0.4) is 0 Å². The summed E-state index contributed by atoms with van der Waals surface area (Å²) in [5.41, 5.74) is 0.720. The van der Waals surface area contributed by atoms with Gasteiger partial charge in [0.15, 0.2) is 0 Å². The molecule has 1 saturated heterocycles. The van der Waals surface area contributed by atoms with Gasteiger partial charge >= 0.3 is 0 Å². The lowest BCUT2D eigenvalue weighted by Gasteiger charge is -2.13. The Bertz CT molecular complexity index is 349. The van der Waals surface area contributed by atoms with Crippen LogP contribution in [-0.2, 0) is 0 Å². The third-order valence-corrected chi connectivity index (χ3v) is 2.73. The van der Waals surface area contributed by atoms with Crippen LogP contribution < -0.4 is 5.32 Å². The summed E-state index contributed by atoms with van der Waals surface area (Å²) in [6, 6.07) is 2.67. The van der Waals surface area contributed by atoms with Crippen LogP contribution in [0.15, 0.2) is 12.1 Å². The Kier molecular flexibility index (Phi) is 4.05. The summed E-state index contributed by atoms with van der Waals surface area (Å²) in [4.78, 5) is 0. The number of hydrogen-bond donors (Lipinski definition) is 1. The molecule has 1 aromatic carbocycles. The topological polar surface area (TPSA) is 12.0 Å². The molecule has 1 atom stereocenters. The molecule has 0 bridgehead atoms. The molecule has 1 aromatic rings. The third kappa shape index (κ3) is 2.29. The minimum Gasteiger partial charge on any atom is -0.310 e. The summed E-state index contributed by atoms with van der Waals surface area (Å²) in [6.07, 6.45) is 1.80. The van der Waals surface area contributed by atoms with E-state index in [0.717, 1.165) is 19.4 Å². The maximum atomic E-state index is 13.6. The van der Waals surface area contributed by atoms with Crippen LogP contribution >= 0.6 is 12.4 Å². The van der Waals surface area contributed by atoms with E-state index in [1.807, 2.05) is 0 Å². The van der Waals surface area contributed by atoms with Gasteiger partial charge in [-0.15, -0.1) is 12.4 Å². The van der Waals surface area contributed by atoms with Crippen molar-refractivity contribution in [1.82, 2.24) is 5.32 Å². The average Bonchev–Trinajstić information content (AvgIpc) is 2.65. The predicted octanol–water partition coefficient (Wildman–Crippen LogP) is 3.12. The molecule has 0 radical (unpaired) electrons. The van der Waals surface area contributed by atoms with Crippen molar-refractivity contribution >= 4 is 12.4 Å². The van der Waals surface area contributed by atoms with Crippen LogP contribution in [0.5, 0.6) is 0 Å². The number of nitrogens with one attached hydrogen (secondary N) is 1. The van der Waals surface area contributed by atoms with Crippen LogP contribution in [0, 0.1) is 18.6 Å². The first kappa shape index (κ1) is 12.4. The van der Waals surface area contributed by atoms with E-state index in [9.17, 15) is 8.78 Å². The van der Waals surface area contributed by atoms with Gasteiger partial charge in [-0.05, 0) is 37.9 Å². The third-order valence-electron chi connectivity index (χ3n) is 2.73. The monoisotopic (exact) mass is 233 g/mol. The Labute approximate surface area is 94.3 Å². The van der Waals surface area contributed by atoms with Crippen LogP contribution in [0.25, 0.3) is 0 Å². The maximum absolute atomic E-state index is 13.6. The second-order valence-corrected chi connectivity index (χ2v) is 3.74. The second kappa shape index (κ2) is 4.90. The summed E-state index contributed by atoms with van der Waals surface area (Å²) in [5.74, 6) is -0.836.